The molecule has 0 aliphatic carbocycles. The van der Waals surface area contributed by atoms with Gasteiger partial charge in [0.2, 0.25) is 0 Å². The minimum absolute atomic E-state index is 0.141. The molecule has 1 aliphatic heterocycles. The largest absolute Gasteiger partial charge is 0.329 e. The van der Waals surface area contributed by atoms with E-state index in [0.717, 1.165) is 0 Å². The van der Waals surface area contributed by atoms with Gasteiger partial charge in [0.25, 0.3) is 0 Å². The Morgan fingerprint density at radius 1 is 1.31 bits per heavy atom. The number of rotatable bonds is 4. The Balaban J connectivity index is 2.75. The number of hydrogen-bond donors (Lipinski definition) is 0. The topological polar surface area (TPSA) is 3.24 Å². The van der Waals surface area contributed by atoms with Gasteiger partial charge in [0.05, 0.1) is 12.7 Å². The van der Waals surface area contributed by atoms with Crippen LogP contribution >= 0.6 is 8.07 Å². The first kappa shape index (κ1) is 11.0. The standard InChI is InChI=1S/C10H22N2P/c1-5-12(13(6-2)7-3)9-8-11(4)10-12/h8-9H,5-7,10H2,1-4H3/q+1. The van der Waals surface area contributed by atoms with E-state index in [9.17, 15) is 0 Å². The highest BCUT2D eigenvalue weighted by atomic mass is 31.1. The van der Waals surface area contributed by atoms with E-state index in [-0.39, 0.29) is 8.07 Å². The van der Waals surface area contributed by atoms with Crippen LogP contribution < -0.4 is 0 Å². The molecular formula is C10H22N2P+. The Bertz CT molecular complexity index is 189. The summed E-state index contributed by atoms with van der Waals surface area (Å²) in [5, 5.41) is 0. The molecule has 13 heavy (non-hydrogen) atoms. The molecule has 0 amide bonds. The summed E-state index contributed by atoms with van der Waals surface area (Å²) in [6, 6.07) is 0. The quantitative estimate of drug-likeness (QED) is 0.632. The van der Waals surface area contributed by atoms with Crippen LogP contribution in [0.3, 0.4) is 0 Å². The van der Waals surface area contributed by atoms with Crippen LogP contribution in [0.25, 0.3) is 0 Å². The maximum atomic E-state index is 2.40. The second-order valence-electron chi connectivity index (χ2n) is 3.64. The molecule has 1 heterocycles. The van der Waals surface area contributed by atoms with E-state index in [4.69, 9.17) is 0 Å². The van der Waals surface area contributed by atoms with Gasteiger partial charge in [-0.1, -0.05) is 13.8 Å². The molecule has 3 heteroatoms. The van der Waals surface area contributed by atoms with Crippen LogP contribution in [0.1, 0.15) is 20.8 Å². The molecule has 0 fully saturated rings. The maximum Gasteiger partial charge on any atom is 0.159 e. The molecule has 0 aromatic heterocycles. The average molecular weight is 201 g/mol. The molecule has 0 saturated carbocycles. The zero-order valence-corrected chi connectivity index (χ0v) is 10.2. The Kier molecular flexibility index (Phi) is 3.75. The van der Waals surface area contributed by atoms with E-state index in [1.165, 1.54) is 29.8 Å². The van der Waals surface area contributed by atoms with E-state index in [0.29, 0.717) is 0 Å². The van der Waals surface area contributed by atoms with Gasteiger partial charge in [-0.05, 0) is 6.92 Å². The Labute approximate surface area is 83.6 Å². The first-order valence-corrected chi connectivity index (χ1v) is 6.86. The van der Waals surface area contributed by atoms with Gasteiger partial charge in [-0.2, -0.15) is 0 Å². The summed E-state index contributed by atoms with van der Waals surface area (Å²) < 4.78 is 1.22. The summed E-state index contributed by atoms with van der Waals surface area (Å²) in [5.41, 5.74) is 0. The number of quaternary nitrogens is 1. The predicted molar refractivity (Wildman–Crippen MR) is 60.6 cm³/mol. The molecule has 1 rings (SSSR count). The molecular weight excluding hydrogens is 179 g/mol. The monoisotopic (exact) mass is 201 g/mol. The predicted octanol–water partition coefficient (Wildman–Crippen LogP) is 2.63. The molecule has 76 valence electrons. The molecule has 1 unspecified atom stereocenters. The Morgan fingerprint density at radius 2 is 1.92 bits per heavy atom. The minimum Gasteiger partial charge on any atom is -0.329 e. The van der Waals surface area contributed by atoms with E-state index in [1.807, 2.05) is 0 Å². The van der Waals surface area contributed by atoms with Crippen LogP contribution in [-0.2, 0) is 0 Å². The first-order chi connectivity index (χ1) is 6.18. The zero-order valence-electron chi connectivity index (χ0n) is 9.32. The second-order valence-corrected chi connectivity index (χ2v) is 6.71. The van der Waals surface area contributed by atoms with Crippen molar-refractivity contribution in [3.8, 4) is 0 Å². The van der Waals surface area contributed by atoms with Crippen LogP contribution in [-0.4, -0.2) is 41.7 Å². The summed E-state index contributed by atoms with van der Waals surface area (Å²) in [7, 11) is 2.31. The van der Waals surface area contributed by atoms with Gasteiger partial charge in [0.15, 0.2) is 6.67 Å². The molecule has 1 atom stereocenters. The second kappa shape index (κ2) is 4.43. The molecule has 0 spiro atoms. The van der Waals surface area contributed by atoms with Crippen molar-refractivity contribution in [2.75, 3.05) is 32.6 Å². The van der Waals surface area contributed by atoms with Crippen molar-refractivity contribution in [3.63, 3.8) is 0 Å². The maximum absolute atomic E-state index is 2.40. The fourth-order valence-electron chi connectivity index (χ4n) is 2.09. The van der Waals surface area contributed by atoms with Crippen molar-refractivity contribution in [3.05, 3.63) is 12.4 Å². The average Bonchev–Trinajstić information content (AvgIpc) is 2.51. The molecule has 0 radical (unpaired) electrons. The smallest absolute Gasteiger partial charge is 0.159 e. The van der Waals surface area contributed by atoms with E-state index >= 15 is 0 Å². The van der Waals surface area contributed by atoms with Gasteiger partial charge in [0, 0.05) is 19.4 Å². The molecule has 0 aromatic carbocycles. The van der Waals surface area contributed by atoms with Crippen molar-refractivity contribution in [1.82, 2.24) is 4.90 Å². The molecule has 0 bridgehead atoms. The van der Waals surface area contributed by atoms with Crippen LogP contribution in [0.5, 0.6) is 0 Å². The molecule has 1 aliphatic rings. The van der Waals surface area contributed by atoms with Crippen LogP contribution in [0, 0.1) is 0 Å². The van der Waals surface area contributed by atoms with Crippen LogP contribution in [0.15, 0.2) is 12.4 Å². The number of nitrogens with zero attached hydrogens (tertiary/aromatic N) is 2. The fraction of sp³-hybridized carbons (Fsp3) is 0.800. The highest BCUT2D eigenvalue weighted by Crippen LogP contribution is 2.49. The minimum atomic E-state index is 0.141. The van der Waals surface area contributed by atoms with E-state index in [2.05, 4.69) is 45.1 Å². The molecule has 0 N–H and O–H groups in total. The van der Waals surface area contributed by atoms with Crippen molar-refractivity contribution in [2.24, 2.45) is 0 Å². The van der Waals surface area contributed by atoms with Crippen molar-refractivity contribution < 1.29 is 4.25 Å². The van der Waals surface area contributed by atoms with Crippen LogP contribution in [0.4, 0.5) is 0 Å². The fourth-order valence-corrected chi connectivity index (χ4v) is 4.69. The summed E-state index contributed by atoms with van der Waals surface area (Å²) in [4.78, 5) is 2.31. The van der Waals surface area contributed by atoms with Gasteiger partial charge in [-0.3, -0.25) is 4.25 Å². The summed E-state index contributed by atoms with van der Waals surface area (Å²) in [6.07, 6.45) is 7.33. The first-order valence-electron chi connectivity index (χ1n) is 5.20. The summed E-state index contributed by atoms with van der Waals surface area (Å²) >= 11 is 0. The summed E-state index contributed by atoms with van der Waals surface area (Å²) in [5.74, 6) is 0. The Morgan fingerprint density at radius 3 is 2.23 bits per heavy atom. The highest BCUT2D eigenvalue weighted by Gasteiger charge is 2.36. The third kappa shape index (κ3) is 2.05. The molecule has 2 nitrogen and oxygen atoms in total. The lowest BCUT2D eigenvalue weighted by Crippen LogP contribution is -2.40. The SMILES string of the molecule is CCP(CC)[N+]1(CC)C=CN(C)C1. The van der Waals surface area contributed by atoms with Gasteiger partial charge in [-0.15, -0.1) is 0 Å². The van der Waals surface area contributed by atoms with Crippen LogP contribution in [0.2, 0.25) is 0 Å². The van der Waals surface area contributed by atoms with Crippen molar-refractivity contribution >= 4 is 8.07 Å². The van der Waals surface area contributed by atoms with E-state index in [1.54, 1.807) is 0 Å². The molecule has 0 saturated heterocycles. The van der Waals surface area contributed by atoms with Gasteiger partial charge in [-0.25, -0.2) is 0 Å². The summed E-state index contributed by atoms with van der Waals surface area (Å²) in [6.45, 7) is 9.40. The third-order valence-corrected chi connectivity index (χ3v) is 6.04. The zero-order chi connectivity index (χ0) is 9.90. The van der Waals surface area contributed by atoms with Gasteiger partial charge >= 0.3 is 0 Å². The lowest BCUT2D eigenvalue weighted by atomic mass is 10.6. The number of hydrogen-bond acceptors (Lipinski definition) is 1. The third-order valence-electron chi connectivity index (χ3n) is 2.91. The van der Waals surface area contributed by atoms with Gasteiger partial charge < -0.3 is 4.90 Å². The van der Waals surface area contributed by atoms with Crippen molar-refractivity contribution in [1.29, 1.82) is 0 Å². The van der Waals surface area contributed by atoms with E-state index < -0.39 is 0 Å². The van der Waals surface area contributed by atoms with Gasteiger partial charge in [0.1, 0.15) is 14.3 Å². The lowest BCUT2D eigenvalue weighted by Gasteiger charge is -2.37. The molecule has 0 aromatic rings. The lowest BCUT2D eigenvalue weighted by molar-refractivity contribution is -0.753. The normalized spacial score (nSPS) is 27.6. The highest BCUT2D eigenvalue weighted by molar-refractivity contribution is 7.51. The van der Waals surface area contributed by atoms with Crippen molar-refractivity contribution in [2.45, 2.75) is 20.8 Å². The Hall–Kier alpha value is -0.0700.